The lowest BCUT2D eigenvalue weighted by molar-refractivity contribution is 0.322. The molecule has 0 radical (unpaired) electrons. The van der Waals surface area contributed by atoms with Crippen LogP contribution in [0.15, 0.2) is 53.7 Å². The topological polar surface area (TPSA) is 41.8 Å². The number of oxime groups is 1. The fourth-order valence-corrected chi connectivity index (χ4v) is 1.43. The van der Waals surface area contributed by atoms with Crippen molar-refractivity contribution in [2.24, 2.45) is 5.16 Å². The van der Waals surface area contributed by atoms with Gasteiger partial charge in [0.25, 0.3) is 0 Å². The fraction of sp³-hybridized carbons (Fsp3) is 0.0714. The van der Waals surface area contributed by atoms with Gasteiger partial charge in [0.2, 0.25) is 0 Å². The van der Waals surface area contributed by atoms with E-state index in [0.29, 0.717) is 0 Å². The molecule has 2 aromatic rings. The first-order chi connectivity index (χ1) is 8.28. The molecule has 2 rings (SSSR count). The zero-order chi connectivity index (χ0) is 12.1. The zero-order valence-corrected chi connectivity index (χ0v) is 9.50. The van der Waals surface area contributed by atoms with Gasteiger partial charge in [0.1, 0.15) is 11.5 Å². The van der Waals surface area contributed by atoms with Crippen LogP contribution in [0.4, 0.5) is 0 Å². The van der Waals surface area contributed by atoms with Crippen LogP contribution < -0.4 is 4.74 Å². The van der Waals surface area contributed by atoms with Gasteiger partial charge < -0.3 is 9.94 Å². The number of hydrogen-bond donors (Lipinski definition) is 1. The van der Waals surface area contributed by atoms with Crippen molar-refractivity contribution >= 4 is 6.21 Å². The standard InChI is InChI=1S/C14H13NO2/c1-11-2-6-13(7-3-11)17-14-8-4-12(5-9-14)10-15-16/h2-10,16H,1H3. The van der Waals surface area contributed by atoms with Crippen molar-refractivity contribution in [3.63, 3.8) is 0 Å². The highest BCUT2D eigenvalue weighted by Crippen LogP contribution is 2.21. The highest BCUT2D eigenvalue weighted by atomic mass is 16.5. The number of nitrogens with zero attached hydrogens (tertiary/aromatic N) is 1. The van der Waals surface area contributed by atoms with Gasteiger partial charge in [0.05, 0.1) is 6.21 Å². The Kier molecular flexibility index (Phi) is 3.40. The van der Waals surface area contributed by atoms with E-state index in [1.54, 1.807) is 0 Å². The molecule has 0 aliphatic heterocycles. The van der Waals surface area contributed by atoms with E-state index in [4.69, 9.17) is 9.94 Å². The van der Waals surface area contributed by atoms with Gasteiger partial charge in [-0.25, -0.2) is 0 Å². The second-order valence-corrected chi connectivity index (χ2v) is 3.73. The molecule has 0 fully saturated rings. The van der Waals surface area contributed by atoms with E-state index in [-0.39, 0.29) is 0 Å². The average molecular weight is 227 g/mol. The summed E-state index contributed by atoms with van der Waals surface area (Å²) in [5.74, 6) is 1.56. The van der Waals surface area contributed by atoms with Gasteiger partial charge in [-0.05, 0) is 48.9 Å². The molecule has 0 bridgehead atoms. The van der Waals surface area contributed by atoms with Crippen molar-refractivity contribution in [1.82, 2.24) is 0 Å². The Morgan fingerprint density at radius 1 is 0.941 bits per heavy atom. The number of rotatable bonds is 3. The van der Waals surface area contributed by atoms with Crippen LogP contribution in [0.5, 0.6) is 11.5 Å². The SMILES string of the molecule is Cc1ccc(Oc2ccc(C=NO)cc2)cc1. The Morgan fingerprint density at radius 3 is 2.00 bits per heavy atom. The zero-order valence-electron chi connectivity index (χ0n) is 9.50. The number of ether oxygens (including phenoxy) is 1. The van der Waals surface area contributed by atoms with Crippen molar-refractivity contribution in [2.75, 3.05) is 0 Å². The second kappa shape index (κ2) is 5.16. The molecule has 1 N–H and O–H groups in total. The summed E-state index contributed by atoms with van der Waals surface area (Å²) in [6, 6.07) is 15.2. The molecule has 0 spiro atoms. The van der Waals surface area contributed by atoms with E-state index < -0.39 is 0 Å². The average Bonchev–Trinajstić information content (AvgIpc) is 2.35. The van der Waals surface area contributed by atoms with Gasteiger partial charge in [-0.1, -0.05) is 22.9 Å². The first kappa shape index (κ1) is 11.2. The molecule has 0 amide bonds. The summed E-state index contributed by atoms with van der Waals surface area (Å²) in [5, 5.41) is 11.4. The van der Waals surface area contributed by atoms with E-state index >= 15 is 0 Å². The lowest BCUT2D eigenvalue weighted by Gasteiger charge is -2.05. The Labute approximate surface area is 100.0 Å². The van der Waals surface area contributed by atoms with E-state index in [0.717, 1.165) is 17.1 Å². The lowest BCUT2D eigenvalue weighted by Crippen LogP contribution is -1.85. The first-order valence-electron chi connectivity index (χ1n) is 5.30. The summed E-state index contributed by atoms with van der Waals surface area (Å²) < 4.78 is 5.66. The molecule has 0 aromatic heterocycles. The van der Waals surface area contributed by atoms with Crippen LogP contribution in [0.3, 0.4) is 0 Å². The molecule has 0 unspecified atom stereocenters. The fourth-order valence-electron chi connectivity index (χ4n) is 1.43. The summed E-state index contributed by atoms with van der Waals surface area (Å²) in [6.45, 7) is 2.03. The molecule has 0 atom stereocenters. The summed E-state index contributed by atoms with van der Waals surface area (Å²) in [5.41, 5.74) is 2.02. The predicted molar refractivity (Wildman–Crippen MR) is 67.1 cm³/mol. The van der Waals surface area contributed by atoms with Crippen molar-refractivity contribution in [1.29, 1.82) is 0 Å². The molecule has 3 heteroatoms. The largest absolute Gasteiger partial charge is 0.457 e. The summed E-state index contributed by atoms with van der Waals surface area (Å²) >= 11 is 0. The molecular weight excluding hydrogens is 214 g/mol. The molecular formula is C14H13NO2. The summed E-state index contributed by atoms with van der Waals surface area (Å²) in [6.07, 6.45) is 1.37. The maximum atomic E-state index is 8.39. The van der Waals surface area contributed by atoms with Crippen LogP contribution in [-0.2, 0) is 0 Å². The van der Waals surface area contributed by atoms with Gasteiger partial charge in [-0.15, -0.1) is 0 Å². The van der Waals surface area contributed by atoms with Crippen molar-refractivity contribution in [3.05, 3.63) is 59.7 Å². The van der Waals surface area contributed by atoms with Crippen LogP contribution in [-0.4, -0.2) is 11.4 Å². The van der Waals surface area contributed by atoms with Gasteiger partial charge in [0, 0.05) is 0 Å². The monoisotopic (exact) mass is 227 g/mol. The van der Waals surface area contributed by atoms with Gasteiger partial charge >= 0.3 is 0 Å². The third kappa shape index (κ3) is 3.08. The number of hydrogen-bond acceptors (Lipinski definition) is 3. The molecule has 0 heterocycles. The maximum Gasteiger partial charge on any atom is 0.127 e. The Morgan fingerprint density at radius 2 is 1.47 bits per heavy atom. The summed E-state index contributed by atoms with van der Waals surface area (Å²) in [4.78, 5) is 0. The number of aryl methyl sites for hydroxylation is 1. The highest BCUT2D eigenvalue weighted by molar-refractivity contribution is 5.79. The molecule has 2 aromatic carbocycles. The second-order valence-electron chi connectivity index (χ2n) is 3.73. The van der Waals surface area contributed by atoms with E-state index in [1.807, 2.05) is 55.5 Å². The van der Waals surface area contributed by atoms with Crippen molar-refractivity contribution < 1.29 is 9.94 Å². The molecule has 0 aliphatic rings. The van der Waals surface area contributed by atoms with E-state index in [9.17, 15) is 0 Å². The van der Waals surface area contributed by atoms with Crippen LogP contribution in [0.2, 0.25) is 0 Å². The molecule has 0 saturated heterocycles. The maximum absolute atomic E-state index is 8.39. The van der Waals surface area contributed by atoms with Gasteiger partial charge in [0.15, 0.2) is 0 Å². The minimum atomic E-state index is 0.754. The first-order valence-corrected chi connectivity index (χ1v) is 5.30. The van der Waals surface area contributed by atoms with Crippen LogP contribution in [0, 0.1) is 6.92 Å². The molecule has 17 heavy (non-hydrogen) atoms. The molecule has 0 saturated carbocycles. The Bertz CT molecular complexity index is 501. The normalized spacial score (nSPS) is 10.6. The highest BCUT2D eigenvalue weighted by Gasteiger charge is 1.96. The summed E-state index contributed by atoms with van der Waals surface area (Å²) in [7, 11) is 0. The van der Waals surface area contributed by atoms with Gasteiger partial charge in [-0.2, -0.15) is 0 Å². The Balaban J connectivity index is 2.11. The number of benzene rings is 2. The van der Waals surface area contributed by atoms with Crippen molar-refractivity contribution in [3.8, 4) is 11.5 Å². The van der Waals surface area contributed by atoms with Crippen LogP contribution >= 0.6 is 0 Å². The third-order valence-electron chi connectivity index (χ3n) is 2.34. The predicted octanol–water partition coefficient (Wildman–Crippen LogP) is 3.60. The van der Waals surface area contributed by atoms with Crippen molar-refractivity contribution in [2.45, 2.75) is 6.92 Å². The minimum absolute atomic E-state index is 0.754. The molecule has 86 valence electrons. The van der Waals surface area contributed by atoms with E-state index in [2.05, 4.69) is 5.16 Å². The minimum Gasteiger partial charge on any atom is -0.457 e. The van der Waals surface area contributed by atoms with Crippen LogP contribution in [0.25, 0.3) is 0 Å². The van der Waals surface area contributed by atoms with Gasteiger partial charge in [-0.3, -0.25) is 0 Å². The Hall–Kier alpha value is -2.29. The molecule has 0 aliphatic carbocycles. The quantitative estimate of drug-likeness (QED) is 0.494. The third-order valence-corrected chi connectivity index (χ3v) is 2.34. The van der Waals surface area contributed by atoms with Crippen LogP contribution in [0.1, 0.15) is 11.1 Å². The smallest absolute Gasteiger partial charge is 0.127 e. The lowest BCUT2D eigenvalue weighted by atomic mass is 10.2. The molecule has 3 nitrogen and oxygen atoms in total. The van der Waals surface area contributed by atoms with E-state index in [1.165, 1.54) is 11.8 Å².